The Hall–Kier alpha value is -5.34. The van der Waals surface area contributed by atoms with E-state index >= 15 is 0 Å². The highest BCUT2D eigenvalue weighted by atomic mass is 16.4. The molecular weight excluding hydrogens is 488 g/mol. The minimum absolute atomic E-state index is 0.167. The second-order valence-electron chi connectivity index (χ2n) is 9.39. The van der Waals surface area contributed by atoms with E-state index < -0.39 is 28.7 Å². The first kappa shape index (κ1) is 24.0. The van der Waals surface area contributed by atoms with Gasteiger partial charge in [0.15, 0.2) is 11.5 Å². The van der Waals surface area contributed by atoms with Gasteiger partial charge in [-0.05, 0) is 44.2 Å². The highest BCUT2D eigenvalue weighted by Crippen LogP contribution is 2.57. The lowest BCUT2D eigenvalue weighted by atomic mass is 9.81. The van der Waals surface area contributed by atoms with Crippen LogP contribution in [-0.4, -0.2) is 25.5 Å². The van der Waals surface area contributed by atoms with Crippen molar-refractivity contribution in [1.29, 1.82) is 0 Å². The average molecular weight is 513 g/mol. The summed E-state index contributed by atoms with van der Waals surface area (Å²) >= 11 is 0. The Morgan fingerprint density at radius 2 is 1.03 bits per heavy atom. The van der Waals surface area contributed by atoms with Crippen molar-refractivity contribution >= 4 is 16.8 Å². The summed E-state index contributed by atoms with van der Waals surface area (Å²) < 4.78 is 0. The quantitative estimate of drug-likeness (QED) is 0.0990. The van der Waals surface area contributed by atoms with Gasteiger partial charge in [-0.15, -0.1) is 0 Å². The standard InChI is InChI=1S/C34H24O5/c35-30-29(31(36)33(38)34(39)32(30)37)28-25-13-7-2-1-6-12-23(25)27(24-14-8-9-15-26(24)28)22-18-16-21(17-19-22)20-10-4-3-5-11-20/h3-5,7-11,13-19,35-39H,2,12H2/b13-7-. The monoisotopic (exact) mass is 512 g/mol. The number of allylic oxidation sites excluding steroid dienone is 1. The summed E-state index contributed by atoms with van der Waals surface area (Å²) in [6.07, 6.45) is 4.73. The van der Waals surface area contributed by atoms with Crippen LogP contribution in [0.4, 0.5) is 0 Å². The minimum Gasteiger partial charge on any atom is -0.504 e. The molecule has 0 heterocycles. The van der Waals surface area contributed by atoms with Crippen molar-refractivity contribution in [1.82, 2.24) is 0 Å². The van der Waals surface area contributed by atoms with Crippen LogP contribution >= 0.6 is 0 Å². The van der Waals surface area contributed by atoms with E-state index in [9.17, 15) is 25.5 Å². The van der Waals surface area contributed by atoms with Crippen LogP contribution in [-0.2, 0) is 6.42 Å². The van der Waals surface area contributed by atoms with Crippen molar-refractivity contribution in [2.45, 2.75) is 12.8 Å². The minimum atomic E-state index is -0.988. The molecule has 0 amide bonds. The molecular formula is C34H24O5. The third-order valence-corrected chi connectivity index (χ3v) is 7.16. The highest BCUT2D eigenvalue weighted by molar-refractivity contribution is 6.12. The highest BCUT2D eigenvalue weighted by Gasteiger charge is 2.29. The summed E-state index contributed by atoms with van der Waals surface area (Å²) in [6.45, 7) is 0. The average Bonchev–Trinajstić information content (AvgIpc) is 2.96. The summed E-state index contributed by atoms with van der Waals surface area (Å²) in [6, 6.07) is 26.0. The molecule has 5 nitrogen and oxygen atoms in total. The zero-order valence-electron chi connectivity index (χ0n) is 20.8. The molecule has 0 bridgehead atoms. The van der Waals surface area contributed by atoms with Crippen LogP contribution in [0.5, 0.6) is 28.7 Å². The Kier molecular flexibility index (Phi) is 5.86. The van der Waals surface area contributed by atoms with Gasteiger partial charge in [0.05, 0.1) is 5.56 Å². The van der Waals surface area contributed by atoms with Crippen molar-refractivity contribution < 1.29 is 25.5 Å². The van der Waals surface area contributed by atoms with Gasteiger partial charge in [0.2, 0.25) is 17.2 Å². The SMILES string of the molecule is Oc1c(O)c(O)c(-c2c3c(c(-c4ccc(-c5ccccc5)cc4)c4ccccc24)CC#CC/C=C\3)c(O)c1O. The maximum atomic E-state index is 10.9. The molecule has 1 aliphatic carbocycles. The molecule has 5 aromatic carbocycles. The fraction of sp³-hybridized carbons (Fsp3) is 0.0588. The van der Waals surface area contributed by atoms with E-state index in [1.807, 2.05) is 54.6 Å². The van der Waals surface area contributed by atoms with Crippen LogP contribution in [0.2, 0.25) is 0 Å². The van der Waals surface area contributed by atoms with Crippen molar-refractivity contribution in [3.05, 3.63) is 96.1 Å². The Bertz CT molecular complexity index is 1810. The largest absolute Gasteiger partial charge is 0.504 e. The summed E-state index contributed by atoms with van der Waals surface area (Å²) in [5, 5.41) is 54.1. The Morgan fingerprint density at radius 3 is 1.69 bits per heavy atom. The van der Waals surface area contributed by atoms with E-state index in [1.54, 1.807) is 0 Å². The molecule has 0 saturated carbocycles. The van der Waals surface area contributed by atoms with Crippen molar-refractivity contribution in [3.63, 3.8) is 0 Å². The Labute approximate surface area is 225 Å². The lowest BCUT2D eigenvalue weighted by Gasteiger charge is -2.23. The van der Waals surface area contributed by atoms with E-state index in [0.29, 0.717) is 29.4 Å². The van der Waals surface area contributed by atoms with Gasteiger partial charge in [0.25, 0.3) is 0 Å². The van der Waals surface area contributed by atoms with Crippen molar-refractivity contribution in [3.8, 4) is 74.0 Å². The maximum absolute atomic E-state index is 10.9. The molecule has 0 spiro atoms. The number of fused-ring (bicyclic) bond motifs is 2. The lowest BCUT2D eigenvalue weighted by molar-refractivity contribution is 0.330. The third-order valence-electron chi connectivity index (χ3n) is 7.16. The molecule has 0 saturated heterocycles. The Morgan fingerprint density at radius 1 is 0.487 bits per heavy atom. The molecule has 39 heavy (non-hydrogen) atoms. The number of phenolic OH excluding ortho intramolecular Hbond substituents is 5. The van der Waals surface area contributed by atoms with E-state index in [-0.39, 0.29) is 5.56 Å². The first-order chi connectivity index (χ1) is 19.0. The van der Waals surface area contributed by atoms with Gasteiger partial charge < -0.3 is 25.5 Å². The zero-order chi connectivity index (χ0) is 27.1. The van der Waals surface area contributed by atoms with E-state index in [4.69, 9.17) is 0 Å². The van der Waals surface area contributed by atoms with Crippen molar-refractivity contribution in [2.24, 2.45) is 0 Å². The molecule has 5 heteroatoms. The molecule has 0 radical (unpaired) electrons. The molecule has 190 valence electrons. The number of rotatable bonds is 3. The number of hydrogen-bond donors (Lipinski definition) is 5. The fourth-order valence-electron chi connectivity index (χ4n) is 5.32. The van der Waals surface area contributed by atoms with Gasteiger partial charge in [-0.3, -0.25) is 0 Å². The van der Waals surface area contributed by atoms with Crippen LogP contribution in [0, 0.1) is 11.8 Å². The molecule has 5 aromatic rings. The van der Waals surface area contributed by atoms with Gasteiger partial charge in [0.1, 0.15) is 0 Å². The summed E-state index contributed by atoms with van der Waals surface area (Å²) in [5.41, 5.74) is 5.99. The fourth-order valence-corrected chi connectivity index (χ4v) is 5.32. The van der Waals surface area contributed by atoms with Crippen LogP contribution in [0.15, 0.2) is 84.9 Å². The predicted octanol–water partition coefficient (Wildman–Crippen LogP) is 7.33. The van der Waals surface area contributed by atoms with Crippen molar-refractivity contribution in [2.75, 3.05) is 0 Å². The van der Waals surface area contributed by atoms with Crippen LogP contribution in [0.3, 0.4) is 0 Å². The van der Waals surface area contributed by atoms with E-state index in [0.717, 1.165) is 33.2 Å². The first-order valence-electron chi connectivity index (χ1n) is 12.5. The smallest absolute Gasteiger partial charge is 0.208 e. The van der Waals surface area contributed by atoms with Crippen LogP contribution < -0.4 is 0 Å². The number of benzene rings is 5. The normalized spacial score (nSPS) is 13.1. The van der Waals surface area contributed by atoms with Gasteiger partial charge in [-0.25, -0.2) is 0 Å². The van der Waals surface area contributed by atoms with Gasteiger partial charge in [0, 0.05) is 18.4 Å². The number of hydrogen-bond acceptors (Lipinski definition) is 5. The van der Waals surface area contributed by atoms with Gasteiger partial charge in [-0.2, -0.15) is 0 Å². The van der Waals surface area contributed by atoms with E-state index in [1.165, 1.54) is 0 Å². The third kappa shape index (κ3) is 3.91. The molecule has 5 N–H and O–H groups in total. The van der Waals surface area contributed by atoms with Crippen LogP contribution in [0.25, 0.3) is 50.2 Å². The lowest BCUT2D eigenvalue weighted by Crippen LogP contribution is -2.01. The summed E-state index contributed by atoms with van der Waals surface area (Å²) in [5.74, 6) is 2.12. The molecule has 0 atom stereocenters. The van der Waals surface area contributed by atoms with E-state index in [2.05, 4.69) is 48.2 Å². The van der Waals surface area contributed by atoms with Gasteiger partial charge in [-0.1, -0.05) is 103 Å². The molecule has 6 rings (SSSR count). The Balaban J connectivity index is 1.70. The second kappa shape index (κ2) is 9.51. The second-order valence-corrected chi connectivity index (χ2v) is 9.39. The number of phenols is 5. The number of aromatic hydroxyl groups is 5. The molecule has 0 fully saturated rings. The zero-order valence-corrected chi connectivity index (χ0v) is 20.8. The summed E-state index contributed by atoms with van der Waals surface area (Å²) in [7, 11) is 0. The van der Waals surface area contributed by atoms with Crippen LogP contribution in [0.1, 0.15) is 17.5 Å². The molecule has 0 aromatic heterocycles. The predicted molar refractivity (Wildman–Crippen MR) is 154 cm³/mol. The topological polar surface area (TPSA) is 101 Å². The first-order valence-corrected chi connectivity index (χ1v) is 12.5. The molecule has 1 aliphatic rings. The summed E-state index contributed by atoms with van der Waals surface area (Å²) in [4.78, 5) is 0. The molecule has 0 aliphatic heterocycles. The molecule has 0 unspecified atom stereocenters. The van der Waals surface area contributed by atoms with Gasteiger partial charge >= 0.3 is 0 Å². The maximum Gasteiger partial charge on any atom is 0.208 e.